The first-order chi connectivity index (χ1) is 14.0. The summed E-state index contributed by atoms with van der Waals surface area (Å²) in [5.74, 6) is 0.218. The van der Waals surface area contributed by atoms with Crippen molar-refractivity contribution in [3.8, 4) is 0 Å². The summed E-state index contributed by atoms with van der Waals surface area (Å²) in [5, 5.41) is 11.0. The van der Waals surface area contributed by atoms with E-state index in [0.717, 1.165) is 11.3 Å². The number of ether oxygens (including phenoxy) is 3. The van der Waals surface area contributed by atoms with Crippen molar-refractivity contribution in [1.82, 2.24) is 0 Å². The largest absolute Gasteiger partial charge is 0.467 e. The summed E-state index contributed by atoms with van der Waals surface area (Å²) in [4.78, 5) is 12.6. The second kappa shape index (κ2) is 10.6. The number of rotatable bonds is 8. The molecule has 1 aliphatic heterocycles. The lowest BCUT2D eigenvalue weighted by Gasteiger charge is -2.48. The van der Waals surface area contributed by atoms with Gasteiger partial charge in [0.15, 0.2) is 14.4 Å². The van der Waals surface area contributed by atoms with Crippen LogP contribution in [0.3, 0.4) is 0 Å². The summed E-state index contributed by atoms with van der Waals surface area (Å²) in [7, 11) is -0.963. The summed E-state index contributed by atoms with van der Waals surface area (Å²) < 4.78 is 23.8. The zero-order valence-corrected chi connectivity index (χ0v) is 20.9. The van der Waals surface area contributed by atoms with Crippen LogP contribution in [-0.4, -0.2) is 62.1 Å². The maximum absolute atomic E-state index is 12.6. The minimum absolute atomic E-state index is 0.0857. The Labute approximate surface area is 185 Å². The molecule has 1 heterocycles. The van der Waals surface area contributed by atoms with E-state index in [2.05, 4.69) is 33.9 Å². The standard InChI is InChI=1S/C22H36O6SSi/c1-8-29-21-16(23)17(26-14-15-12-10-9-11-13-15)18(19(27-21)20(24)25-5)28-30(6,7)22(2,3)4/h9-13,16-19,21,23H,8,14H2,1-7H3/t16-,17-,18+,19+,21?/m1/s1. The summed E-state index contributed by atoms with van der Waals surface area (Å²) in [6.07, 6.45) is -3.38. The molecule has 1 N–H and O–H groups in total. The van der Waals surface area contributed by atoms with Crippen molar-refractivity contribution < 1.29 is 28.5 Å². The van der Waals surface area contributed by atoms with Gasteiger partial charge in [-0.2, -0.15) is 0 Å². The van der Waals surface area contributed by atoms with Crippen molar-refractivity contribution in [1.29, 1.82) is 0 Å². The number of hydrogen-bond acceptors (Lipinski definition) is 7. The van der Waals surface area contributed by atoms with Crippen molar-refractivity contribution >= 4 is 26.0 Å². The lowest BCUT2D eigenvalue weighted by molar-refractivity contribution is -0.220. The Morgan fingerprint density at radius 2 is 1.83 bits per heavy atom. The number of aliphatic hydroxyl groups is 1. The third-order valence-corrected chi connectivity index (χ3v) is 11.3. The van der Waals surface area contributed by atoms with Gasteiger partial charge >= 0.3 is 5.97 Å². The predicted molar refractivity (Wildman–Crippen MR) is 122 cm³/mol. The fourth-order valence-electron chi connectivity index (χ4n) is 3.04. The Balaban J connectivity index is 2.37. The lowest BCUT2D eigenvalue weighted by Crippen LogP contribution is -2.63. The highest BCUT2D eigenvalue weighted by molar-refractivity contribution is 7.99. The van der Waals surface area contributed by atoms with Crippen LogP contribution in [0.25, 0.3) is 0 Å². The molecule has 0 saturated carbocycles. The summed E-state index contributed by atoms with van der Waals surface area (Å²) in [6, 6.07) is 9.75. The number of carbonyl (C=O) groups is 1. The normalized spacial score (nSPS) is 27.7. The number of esters is 1. The fraction of sp³-hybridized carbons (Fsp3) is 0.682. The molecule has 6 nitrogen and oxygen atoms in total. The first kappa shape index (κ1) is 25.4. The van der Waals surface area contributed by atoms with Crippen LogP contribution in [0.2, 0.25) is 18.1 Å². The van der Waals surface area contributed by atoms with Gasteiger partial charge in [-0.05, 0) is 29.4 Å². The molecule has 1 aliphatic rings. The second-order valence-electron chi connectivity index (χ2n) is 9.00. The Morgan fingerprint density at radius 3 is 2.37 bits per heavy atom. The molecule has 0 bridgehead atoms. The van der Waals surface area contributed by atoms with Crippen LogP contribution in [0, 0.1) is 0 Å². The number of methoxy groups -OCH3 is 1. The van der Waals surface area contributed by atoms with Crippen molar-refractivity contribution in [3.05, 3.63) is 35.9 Å². The molecule has 8 heteroatoms. The SMILES string of the molecule is CCSC1O[C@H](C(=O)OC)[C@@H](O[Si](C)(C)C(C)(C)C)[C@H](OCc2ccccc2)[C@H]1O. The molecule has 2 rings (SSSR count). The van der Waals surface area contributed by atoms with Gasteiger partial charge in [-0.25, -0.2) is 4.79 Å². The molecule has 0 aromatic heterocycles. The number of carbonyl (C=O) groups excluding carboxylic acids is 1. The molecule has 170 valence electrons. The van der Waals surface area contributed by atoms with E-state index >= 15 is 0 Å². The Kier molecular flexibility index (Phi) is 8.97. The van der Waals surface area contributed by atoms with E-state index in [-0.39, 0.29) is 5.04 Å². The second-order valence-corrected chi connectivity index (χ2v) is 15.1. The van der Waals surface area contributed by atoms with Crippen LogP contribution in [-0.2, 0) is 30.0 Å². The molecule has 1 aromatic rings. The third-order valence-electron chi connectivity index (χ3n) is 5.80. The molecule has 0 spiro atoms. The summed E-state index contributed by atoms with van der Waals surface area (Å²) in [5.41, 5.74) is 0.385. The van der Waals surface area contributed by atoms with Gasteiger partial charge in [-0.3, -0.25) is 0 Å². The highest BCUT2D eigenvalue weighted by Crippen LogP contribution is 2.41. The molecule has 1 fully saturated rings. The average Bonchev–Trinajstić information content (AvgIpc) is 2.69. The van der Waals surface area contributed by atoms with E-state index in [1.807, 2.05) is 37.3 Å². The van der Waals surface area contributed by atoms with Crippen LogP contribution in [0.4, 0.5) is 0 Å². The van der Waals surface area contributed by atoms with E-state index in [9.17, 15) is 9.90 Å². The van der Waals surface area contributed by atoms with Gasteiger partial charge < -0.3 is 23.7 Å². The first-order valence-electron chi connectivity index (χ1n) is 10.4. The molecular weight excluding hydrogens is 420 g/mol. The molecule has 1 saturated heterocycles. The maximum atomic E-state index is 12.6. The number of benzene rings is 1. The smallest absolute Gasteiger partial charge is 0.337 e. The summed E-state index contributed by atoms with van der Waals surface area (Å²) in [6.45, 7) is 12.9. The van der Waals surface area contributed by atoms with E-state index < -0.39 is 44.1 Å². The molecule has 0 radical (unpaired) electrons. The summed E-state index contributed by atoms with van der Waals surface area (Å²) >= 11 is 1.44. The predicted octanol–water partition coefficient (Wildman–Crippen LogP) is 3.97. The van der Waals surface area contributed by atoms with Crippen molar-refractivity contribution in [2.45, 2.75) is 82.3 Å². The van der Waals surface area contributed by atoms with E-state index in [1.165, 1.54) is 18.9 Å². The zero-order chi connectivity index (χ0) is 22.5. The molecule has 1 unspecified atom stereocenters. The number of aliphatic hydroxyl groups excluding tert-OH is 1. The van der Waals surface area contributed by atoms with E-state index in [1.54, 1.807) is 0 Å². The van der Waals surface area contributed by atoms with Crippen molar-refractivity contribution in [2.24, 2.45) is 0 Å². The number of hydrogen-bond donors (Lipinski definition) is 1. The highest BCUT2D eigenvalue weighted by atomic mass is 32.2. The maximum Gasteiger partial charge on any atom is 0.337 e. The lowest BCUT2D eigenvalue weighted by atomic mass is 9.99. The van der Waals surface area contributed by atoms with Gasteiger partial charge in [-0.15, -0.1) is 11.8 Å². The molecule has 30 heavy (non-hydrogen) atoms. The Morgan fingerprint density at radius 1 is 1.20 bits per heavy atom. The minimum Gasteiger partial charge on any atom is -0.467 e. The number of thioether (sulfide) groups is 1. The average molecular weight is 457 g/mol. The van der Waals surface area contributed by atoms with E-state index in [0.29, 0.717) is 6.61 Å². The highest BCUT2D eigenvalue weighted by Gasteiger charge is 2.53. The van der Waals surface area contributed by atoms with Gasteiger partial charge in [0.05, 0.1) is 13.7 Å². The molecular formula is C22H36O6SSi. The zero-order valence-electron chi connectivity index (χ0n) is 19.1. The van der Waals surface area contributed by atoms with Crippen LogP contribution in [0.15, 0.2) is 30.3 Å². The minimum atomic E-state index is -2.30. The van der Waals surface area contributed by atoms with Gasteiger partial charge in [0.2, 0.25) is 0 Å². The van der Waals surface area contributed by atoms with Crippen LogP contribution >= 0.6 is 11.8 Å². The first-order valence-corrected chi connectivity index (χ1v) is 14.3. The Bertz CT molecular complexity index is 678. The van der Waals surface area contributed by atoms with Crippen LogP contribution < -0.4 is 0 Å². The molecule has 5 atom stereocenters. The third kappa shape index (κ3) is 6.08. The molecule has 1 aromatic carbocycles. The van der Waals surface area contributed by atoms with Crippen molar-refractivity contribution in [3.63, 3.8) is 0 Å². The van der Waals surface area contributed by atoms with Gasteiger partial charge in [0.25, 0.3) is 0 Å². The van der Waals surface area contributed by atoms with E-state index in [4.69, 9.17) is 18.6 Å². The molecule has 0 aliphatic carbocycles. The van der Waals surface area contributed by atoms with Crippen LogP contribution in [0.5, 0.6) is 0 Å². The van der Waals surface area contributed by atoms with Gasteiger partial charge in [0.1, 0.15) is 23.7 Å². The topological polar surface area (TPSA) is 74.2 Å². The Hall–Kier alpha value is -0.903. The quantitative estimate of drug-likeness (QED) is 0.468. The monoisotopic (exact) mass is 456 g/mol. The van der Waals surface area contributed by atoms with Gasteiger partial charge in [0, 0.05) is 0 Å². The van der Waals surface area contributed by atoms with Gasteiger partial charge in [-0.1, -0.05) is 58.0 Å². The fourth-order valence-corrected chi connectivity index (χ4v) is 5.21. The molecule has 0 amide bonds. The van der Waals surface area contributed by atoms with Crippen LogP contribution in [0.1, 0.15) is 33.3 Å². The van der Waals surface area contributed by atoms with Crippen molar-refractivity contribution in [2.75, 3.05) is 12.9 Å².